The predicted octanol–water partition coefficient (Wildman–Crippen LogP) is 6.56. The topological polar surface area (TPSA) is 97.0 Å². The van der Waals surface area contributed by atoms with Crippen LogP contribution in [0.2, 0.25) is 0 Å². The van der Waals surface area contributed by atoms with E-state index in [9.17, 15) is 14.4 Å². The second kappa shape index (κ2) is 14.7. The first kappa shape index (κ1) is 32.7. The van der Waals surface area contributed by atoms with E-state index in [4.69, 9.17) is 9.47 Å². The van der Waals surface area contributed by atoms with Gasteiger partial charge in [0.15, 0.2) is 0 Å². The number of unbranched alkanes of at least 4 members (excludes halogenated alkanes) is 2. The molecule has 2 atom stereocenters. The van der Waals surface area contributed by atoms with Crippen LogP contribution in [0.4, 0.5) is 10.5 Å². The number of methoxy groups -OCH3 is 1. The minimum atomic E-state index is -0.910. The van der Waals surface area contributed by atoms with Crippen LogP contribution in [0.1, 0.15) is 83.5 Å². The molecule has 8 nitrogen and oxygen atoms in total. The predicted molar refractivity (Wildman–Crippen MR) is 160 cm³/mol. The molecule has 0 aliphatic carbocycles. The van der Waals surface area contributed by atoms with Crippen molar-refractivity contribution in [3.8, 4) is 5.75 Å². The third-order valence-corrected chi connectivity index (χ3v) is 6.65. The molecule has 220 valence electrons. The standard InChI is InChI=1S/C32H47N3O5/c1-10-11-12-19-35(30(37)27(21(2)3)34-31(38)40-32(6,7)8)28(24-14-13-22(4)23(5)20-24)29(36)33-25-15-17-26(39-9)18-16-25/h13-18,20-21,27-28H,10-12,19H2,1-9H3,(H,33,36)(H,34,38). The minimum absolute atomic E-state index is 0.237. The Morgan fingerprint density at radius 1 is 0.950 bits per heavy atom. The zero-order valence-corrected chi connectivity index (χ0v) is 25.6. The van der Waals surface area contributed by atoms with Crippen molar-refractivity contribution in [2.24, 2.45) is 5.92 Å². The average molecular weight is 554 g/mol. The number of hydrogen-bond donors (Lipinski definition) is 2. The summed E-state index contributed by atoms with van der Waals surface area (Å²) in [5.74, 6) is -0.227. The van der Waals surface area contributed by atoms with Gasteiger partial charge in [-0.15, -0.1) is 0 Å². The number of rotatable bonds is 12. The summed E-state index contributed by atoms with van der Waals surface area (Å²) in [4.78, 5) is 42.6. The van der Waals surface area contributed by atoms with E-state index in [-0.39, 0.29) is 17.7 Å². The molecule has 2 aromatic rings. The molecule has 0 aromatic heterocycles. The number of aryl methyl sites for hydroxylation is 2. The van der Waals surface area contributed by atoms with Gasteiger partial charge in [-0.05, 0) is 87.9 Å². The zero-order valence-electron chi connectivity index (χ0n) is 25.6. The number of alkyl carbamates (subject to hydrolysis) is 1. The summed E-state index contributed by atoms with van der Waals surface area (Å²) >= 11 is 0. The average Bonchev–Trinajstić information content (AvgIpc) is 2.87. The molecule has 0 aliphatic rings. The molecule has 0 saturated heterocycles. The minimum Gasteiger partial charge on any atom is -0.497 e. The molecule has 8 heteroatoms. The van der Waals surface area contributed by atoms with Gasteiger partial charge < -0.3 is 25.0 Å². The fraction of sp³-hybridized carbons (Fsp3) is 0.531. The van der Waals surface area contributed by atoms with Gasteiger partial charge in [0.1, 0.15) is 23.4 Å². The van der Waals surface area contributed by atoms with E-state index < -0.39 is 23.8 Å². The van der Waals surface area contributed by atoms with E-state index in [1.807, 2.05) is 45.9 Å². The first-order valence-electron chi connectivity index (χ1n) is 14.1. The molecule has 0 bridgehead atoms. The molecule has 40 heavy (non-hydrogen) atoms. The van der Waals surface area contributed by atoms with E-state index >= 15 is 0 Å². The molecule has 2 rings (SSSR count). The number of ether oxygens (including phenoxy) is 2. The van der Waals surface area contributed by atoms with Crippen LogP contribution in [-0.2, 0) is 14.3 Å². The Kier molecular flexibility index (Phi) is 12.0. The van der Waals surface area contributed by atoms with Crippen molar-refractivity contribution in [2.75, 3.05) is 19.0 Å². The lowest BCUT2D eigenvalue weighted by atomic mass is 9.96. The summed E-state index contributed by atoms with van der Waals surface area (Å²) in [7, 11) is 1.58. The number of carbonyl (C=O) groups is 3. The van der Waals surface area contributed by atoms with Crippen LogP contribution >= 0.6 is 0 Å². The number of carbonyl (C=O) groups excluding carboxylic acids is 3. The highest BCUT2D eigenvalue weighted by Crippen LogP contribution is 2.28. The maximum absolute atomic E-state index is 14.2. The van der Waals surface area contributed by atoms with Crippen molar-refractivity contribution in [1.82, 2.24) is 10.2 Å². The summed E-state index contributed by atoms with van der Waals surface area (Å²) in [6.07, 6.45) is 1.91. The Bertz CT molecular complexity index is 1140. The van der Waals surface area contributed by atoms with Crippen LogP contribution in [0.3, 0.4) is 0 Å². The van der Waals surface area contributed by atoms with Crippen molar-refractivity contribution in [1.29, 1.82) is 0 Å². The lowest BCUT2D eigenvalue weighted by molar-refractivity contribution is -0.141. The van der Waals surface area contributed by atoms with Gasteiger partial charge in [0.25, 0.3) is 5.91 Å². The third kappa shape index (κ3) is 9.57. The van der Waals surface area contributed by atoms with Gasteiger partial charge in [-0.3, -0.25) is 9.59 Å². The smallest absolute Gasteiger partial charge is 0.408 e. The maximum Gasteiger partial charge on any atom is 0.408 e. The number of benzene rings is 2. The molecule has 2 aromatic carbocycles. The molecule has 0 aliphatic heterocycles. The quantitative estimate of drug-likeness (QED) is 0.290. The van der Waals surface area contributed by atoms with Gasteiger partial charge in [0.2, 0.25) is 5.91 Å². The first-order chi connectivity index (χ1) is 18.8. The molecule has 0 saturated carbocycles. The summed E-state index contributed by atoms with van der Waals surface area (Å²) in [5, 5.41) is 5.77. The lowest BCUT2D eigenvalue weighted by Gasteiger charge is -2.36. The molecule has 0 heterocycles. The van der Waals surface area contributed by atoms with Crippen LogP contribution in [0.25, 0.3) is 0 Å². The molecule has 0 spiro atoms. The Balaban J connectivity index is 2.55. The number of nitrogens with one attached hydrogen (secondary N) is 2. The Morgan fingerprint density at radius 3 is 2.12 bits per heavy atom. The normalized spacial score (nSPS) is 12.8. The van der Waals surface area contributed by atoms with E-state index in [2.05, 4.69) is 17.6 Å². The van der Waals surface area contributed by atoms with Crippen molar-refractivity contribution in [2.45, 2.75) is 92.3 Å². The molecular weight excluding hydrogens is 506 g/mol. The highest BCUT2D eigenvalue weighted by atomic mass is 16.6. The highest BCUT2D eigenvalue weighted by molar-refractivity contribution is 5.99. The zero-order chi connectivity index (χ0) is 30.0. The van der Waals surface area contributed by atoms with E-state index in [1.165, 1.54) is 0 Å². The van der Waals surface area contributed by atoms with Crippen LogP contribution < -0.4 is 15.4 Å². The Morgan fingerprint density at radius 2 is 1.60 bits per heavy atom. The highest BCUT2D eigenvalue weighted by Gasteiger charge is 2.37. The van der Waals surface area contributed by atoms with Gasteiger partial charge in [-0.25, -0.2) is 4.79 Å². The molecule has 2 unspecified atom stereocenters. The summed E-state index contributed by atoms with van der Waals surface area (Å²) < 4.78 is 10.7. The molecular formula is C32H47N3O5. The van der Waals surface area contributed by atoms with Gasteiger partial charge in [0, 0.05) is 12.2 Å². The van der Waals surface area contributed by atoms with Crippen molar-refractivity contribution in [3.05, 3.63) is 59.2 Å². The van der Waals surface area contributed by atoms with Crippen LogP contribution in [0.15, 0.2) is 42.5 Å². The van der Waals surface area contributed by atoms with E-state index in [0.29, 0.717) is 23.5 Å². The summed E-state index contributed by atoms with van der Waals surface area (Å²) in [5.41, 5.74) is 2.70. The van der Waals surface area contributed by atoms with E-state index in [1.54, 1.807) is 57.0 Å². The largest absolute Gasteiger partial charge is 0.497 e. The van der Waals surface area contributed by atoms with Crippen molar-refractivity contribution < 1.29 is 23.9 Å². The number of anilines is 1. The fourth-order valence-electron chi connectivity index (χ4n) is 4.32. The molecule has 2 N–H and O–H groups in total. The second-order valence-electron chi connectivity index (χ2n) is 11.6. The van der Waals surface area contributed by atoms with Gasteiger partial charge in [-0.1, -0.05) is 51.8 Å². The van der Waals surface area contributed by atoms with Crippen LogP contribution in [0, 0.1) is 19.8 Å². The number of hydrogen-bond acceptors (Lipinski definition) is 5. The lowest BCUT2D eigenvalue weighted by Crippen LogP contribution is -2.54. The molecule has 0 radical (unpaired) electrons. The van der Waals surface area contributed by atoms with Crippen molar-refractivity contribution >= 4 is 23.6 Å². The van der Waals surface area contributed by atoms with Gasteiger partial charge in [-0.2, -0.15) is 0 Å². The van der Waals surface area contributed by atoms with Gasteiger partial charge in [0.05, 0.1) is 7.11 Å². The first-order valence-corrected chi connectivity index (χ1v) is 14.1. The van der Waals surface area contributed by atoms with Crippen molar-refractivity contribution in [3.63, 3.8) is 0 Å². The summed E-state index contributed by atoms with van der Waals surface area (Å²) in [6.45, 7) is 15.5. The molecule has 3 amide bonds. The Labute approximate surface area is 239 Å². The summed E-state index contributed by atoms with van der Waals surface area (Å²) in [6, 6.07) is 11.1. The van der Waals surface area contributed by atoms with Crippen LogP contribution in [0.5, 0.6) is 5.75 Å². The third-order valence-electron chi connectivity index (χ3n) is 6.65. The number of amides is 3. The van der Waals surface area contributed by atoms with E-state index in [0.717, 1.165) is 30.4 Å². The van der Waals surface area contributed by atoms with Gasteiger partial charge >= 0.3 is 6.09 Å². The maximum atomic E-state index is 14.2. The number of nitrogens with zero attached hydrogens (tertiary/aromatic N) is 1. The second-order valence-corrected chi connectivity index (χ2v) is 11.6. The monoisotopic (exact) mass is 553 g/mol. The molecule has 0 fully saturated rings. The Hall–Kier alpha value is -3.55. The van der Waals surface area contributed by atoms with Crippen LogP contribution in [-0.4, -0.2) is 48.1 Å². The fourth-order valence-corrected chi connectivity index (χ4v) is 4.32. The SMILES string of the molecule is CCCCCN(C(=O)C(NC(=O)OC(C)(C)C)C(C)C)C(C(=O)Nc1ccc(OC)cc1)c1ccc(C)c(C)c1.